The fraction of sp³-hybridized carbons (Fsp3) is 0.0638. The molecule has 15 aromatic rings. The molecule has 0 N–H and O–H groups in total. The highest BCUT2D eigenvalue weighted by atomic mass is 32.1. The van der Waals surface area contributed by atoms with Crippen molar-refractivity contribution in [2.45, 2.75) is 38.5 Å². The largest absolute Gasteiger partial charge is 0.310 e. The quantitative estimate of drug-likeness (QED) is 0.100. The molecule has 2 nitrogen and oxygen atoms in total. The molecule has 2 aliphatic carbocycles. The van der Waals surface area contributed by atoms with Crippen molar-refractivity contribution in [2.75, 3.05) is 9.80 Å². The zero-order valence-electron chi connectivity index (χ0n) is 54.8. The van der Waals surface area contributed by atoms with Crippen LogP contribution in [0.4, 0.5) is 34.1 Å². The molecule has 2 aliphatic rings. The summed E-state index contributed by atoms with van der Waals surface area (Å²) in [6.07, 6.45) is 9.15. The van der Waals surface area contributed by atoms with Gasteiger partial charge in [-0.05, 0) is 208 Å². The Balaban J connectivity index is 0.633. The van der Waals surface area contributed by atoms with E-state index in [4.69, 9.17) is 0 Å². The Morgan fingerprint density at radius 3 is 0.804 bits per heavy atom. The summed E-state index contributed by atoms with van der Waals surface area (Å²) in [5, 5.41) is 2.57. The van der Waals surface area contributed by atoms with Gasteiger partial charge in [0.15, 0.2) is 0 Å². The van der Waals surface area contributed by atoms with Gasteiger partial charge in [0.25, 0.3) is 0 Å². The number of thiophene rings is 1. The first-order valence-electron chi connectivity index (χ1n) is 33.7. The minimum atomic E-state index is -0.235. The molecule has 1 aromatic heterocycles. The fourth-order valence-electron chi connectivity index (χ4n) is 15.1. The van der Waals surface area contributed by atoms with Crippen molar-refractivity contribution in [1.29, 1.82) is 0 Å². The van der Waals surface area contributed by atoms with Gasteiger partial charge in [-0.15, -0.1) is 11.3 Å². The van der Waals surface area contributed by atoms with Crippen LogP contribution in [-0.2, 0) is 10.8 Å². The summed E-state index contributed by atoms with van der Waals surface area (Å²) in [6.45, 7) is 9.55. The van der Waals surface area contributed by atoms with Crippen molar-refractivity contribution in [2.24, 2.45) is 0 Å². The van der Waals surface area contributed by atoms with Gasteiger partial charge in [0, 0.05) is 65.1 Å². The predicted molar refractivity (Wildman–Crippen MR) is 416 cm³/mol. The van der Waals surface area contributed by atoms with E-state index in [-0.39, 0.29) is 10.8 Å². The van der Waals surface area contributed by atoms with Crippen LogP contribution in [0.3, 0.4) is 0 Å². The molecule has 0 saturated heterocycles. The number of fused-ring (bicyclic) bond motifs is 9. The summed E-state index contributed by atoms with van der Waals surface area (Å²) in [4.78, 5) is 4.85. The molecule has 0 fully saturated rings. The minimum absolute atomic E-state index is 0.235. The molecule has 0 atom stereocenters. The van der Waals surface area contributed by atoms with E-state index in [2.05, 4.69) is 389 Å². The third-order valence-corrected chi connectivity index (χ3v) is 21.3. The zero-order valence-corrected chi connectivity index (χ0v) is 55.6. The van der Waals surface area contributed by atoms with Crippen molar-refractivity contribution in [3.63, 3.8) is 0 Å². The summed E-state index contributed by atoms with van der Waals surface area (Å²) >= 11 is 1.87. The first kappa shape index (κ1) is 59.1. The van der Waals surface area contributed by atoms with Gasteiger partial charge >= 0.3 is 0 Å². The molecule has 1 heterocycles. The Hall–Kier alpha value is -11.6. The van der Waals surface area contributed by atoms with Gasteiger partial charge in [0.2, 0.25) is 0 Å². The normalized spacial score (nSPS) is 13.2. The molecular formula is C94H70N2S. The third kappa shape index (κ3) is 11.0. The monoisotopic (exact) mass is 1260 g/mol. The Morgan fingerprint density at radius 1 is 0.227 bits per heavy atom. The van der Waals surface area contributed by atoms with Crippen LogP contribution in [0.5, 0.6) is 0 Å². The van der Waals surface area contributed by atoms with Gasteiger partial charge in [-0.1, -0.05) is 283 Å². The van der Waals surface area contributed by atoms with Crippen LogP contribution in [0, 0.1) is 0 Å². The Labute approximate surface area is 573 Å². The predicted octanol–water partition coefficient (Wildman–Crippen LogP) is 26.6. The summed E-state index contributed by atoms with van der Waals surface area (Å²) in [5.74, 6) is 0. The average molecular weight is 1260 g/mol. The second kappa shape index (κ2) is 24.3. The van der Waals surface area contributed by atoms with Gasteiger partial charge in [0.05, 0.1) is 0 Å². The summed E-state index contributed by atoms with van der Waals surface area (Å²) in [6, 6.07) is 121. The van der Waals surface area contributed by atoms with E-state index in [1.54, 1.807) is 0 Å². The molecule has 462 valence electrons. The van der Waals surface area contributed by atoms with Crippen LogP contribution < -0.4 is 9.80 Å². The highest BCUT2D eigenvalue weighted by molar-refractivity contribution is 7.25. The van der Waals surface area contributed by atoms with Gasteiger partial charge in [-0.2, -0.15) is 0 Å². The standard InChI is InChI=1S/C94H70N2S/c1-93(2)87-55-65(41-47-81(87)83-49-45-79(61-89(83)93)95(75-33-17-29-71(57-75)67-21-9-5-10-22-67)76-34-18-30-72(58-76)68-23-11-6-12-24-68)39-37-63-43-51-91-85(53-63)86-54-64(44-52-92(86)97-91)38-40-66-42-48-82-84-50-46-80(62-90(84)94(3,4)88(82)56-66)96(77-35-19-31-73(59-77)69-25-13-7-14-26-69)78-36-20-32-74(60-78)70-27-15-8-16-28-70/h5-62H,1-4H3. The van der Waals surface area contributed by atoms with Crippen molar-refractivity contribution in [3.05, 3.63) is 372 Å². The highest BCUT2D eigenvalue weighted by Gasteiger charge is 2.38. The van der Waals surface area contributed by atoms with E-state index in [1.165, 1.54) is 131 Å². The molecule has 0 aliphatic heterocycles. The van der Waals surface area contributed by atoms with E-state index in [0.717, 1.165) is 34.1 Å². The van der Waals surface area contributed by atoms with E-state index in [0.29, 0.717) is 0 Å². The van der Waals surface area contributed by atoms with Crippen molar-refractivity contribution < 1.29 is 0 Å². The number of anilines is 6. The van der Waals surface area contributed by atoms with Crippen LogP contribution in [0.2, 0.25) is 0 Å². The van der Waals surface area contributed by atoms with Crippen LogP contribution in [0.15, 0.2) is 328 Å². The van der Waals surface area contributed by atoms with Gasteiger partial charge in [0.1, 0.15) is 0 Å². The molecule has 14 aromatic carbocycles. The molecule has 0 spiro atoms. The maximum atomic E-state index is 2.44. The summed E-state index contributed by atoms with van der Waals surface area (Å²) < 4.78 is 2.59. The van der Waals surface area contributed by atoms with E-state index >= 15 is 0 Å². The number of benzene rings is 14. The summed E-state index contributed by atoms with van der Waals surface area (Å²) in [7, 11) is 0. The molecule has 3 heteroatoms. The van der Waals surface area contributed by atoms with Crippen LogP contribution in [0.1, 0.15) is 72.2 Å². The first-order chi connectivity index (χ1) is 47.5. The molecule has 17 rings (SSSR count). The molecule has 0 radical (unpaired) electrons. The Bertz CT molecular complexity index is 5070. The number of rotatable bonds is 14. The lowest BCUT2D eigenvalue weighted by atomic mass is 9.81. The van der Waals surface area contributed by atoms with E-state index < -0.39 is 0 Å². The number of hydrogen-bond donors (Lipinski definition) is 0. The number of hydrogen-bond acceptors (Lipinski definition) is 3. The molecule has 0 unspecified atom stereocenters. The lowest BCUT2D eigenvalue weighted by Gasteiger charge is -2.29. The Kier molecular flexibility index (Phi) is 14.8. The number of nitrogens with zero attached hydrogens (tertiary/aromatic N) is 2. The smallest absolute Gasteiger partial charge is 0.0467 e. The maximum Gasteiger partial charge on any atom is 0.0467 e. The lowest BCUT2D eigenvalue weighted by Crippen LogP contribution is -2.16. The molecule has 0 saturated carbocycles. The van der Waals surface area contributed by atoms with E-state index in [1.807, 2.05) is 11.3 Å². The van der Waals surface area contributed by atoms with Crippen molar-refractivity contribution in [1.82, 2.24) is 0 Å². The highest BCUT2D eigenvalue weighted by Crippen LogP contribution is 2.54. The molecule has 0 bridgehead atoms. The topological polar surface area (TPSA) is 6.48 Å². The van der Waals surface area contributed by atoms with Crippen LogP contribution in [0.25, 0.3) is 111 Å². The average Bonchev–Trinajstić information content (AvgIpc) is 1.58. The van der Waals surface area contributed by atoms with Gasteiger partial charge in [-0.3, -0.25) is 0 Å². The molecule has 0 amide bonds. The van der Waals surface area contributed by atoms with Crippen LogP contribution >= 0.6 is 11.3 Å². The summed E-state index contributed by atoms with van der Waals surface area (Å²) in [5.41, 5.74) is 31.1. The van der Waals surface area contributed by atoms with E-state index in [9.17, 15) is 0 Å². The fourth-order valence-corrected chi connectivity index (χ4v) is 16.2. The first-order valence-corrected chi connectivity index (χ1v) is 34.5. The zero-order chi connectivity index (χ0) is 65.2. The van der Waals surface area contributed by atoms with Crippen molar-refractivity contribution >= 4 is 89.9 Å². The molecule has 97 heavy (non-hydrogen) atoms. The SMILES string of the molecule is CC1(C)c2cc(C=Cc3ccc4sc5ccc(C=Cc6ccc7c(c6)C(C)(C)c6cc(N(c8cccc(-c9ccccc9)c8)c8cccc(-c9ccccc9)c8)ccc6-7)cc5c4c3)ccc2-c2ccc(N(c3cccc(-c4ccccc4)c3)c3cccc(-c4ccccc4)c3)cc21. The van der Waals surface area contributed by atoms with Crippen LogP contribution in [-0.4, -0.2) is 0 Å². The lowest BCUT2D eigenvalue weighted by molar-refractivity contribution is 0.660. The molecular weight excluding hydrogens is 1190 g/mol. The van der Waals surface area contributed by atoms with Crippen molar-refractivity contribution in [3.8, 4) is 66.8 Å². The van der Waals surface area contributed by atoms with Gasteiger partial charge < -0.3 is 9.80 Å². The second-order valence-electron chi connectivity index (χ2n) is 26.9. The second-order valence-corrected chi connectivity index (χ2v) is 28.0. The van der Waals surface area contributed by atoms with Gasteiger partial charge in [-0.25, -0.2) is 0 Å². The third-order valence-electron chi connectivity index (χ3n) is 20.2. The Morgan fingerprint density at radius 2 is 0.485 bits per heavy atom. The minimum Gasteiger partial charge on any atom is -0.310 e. The maximum absolute atomic E-state index is 2.44.